The lowest BCUT2D eigenvalue weighted by Crippen LogP contribution is -1.92. The fourth-order valence-corrected chi connectivity index (χ4v) is 2.92. The maximum atomic E-state index is 12.9. The van der Waals surface area contributed by atoms with Gasteiger partial charge in [0, 0.05) is 16.6 Å². The number of hydrogen-bond acceptors (Lipinski definition) is 5. The quantitative estimate of drug-likeness (QED) is 0.777. The number of rotatable bonds is 3. The van der Waals surface area contributed by atoms with E-state index in [1.807, 2.05) is 23.6 Å². The summed E-state index contributed by atoms with van der Waals surface area (Å²) in [6.45, 7) is 0.257. The number of hydrogen-bond donors (Lipinski definition) is 1. The third-order valence-corrected chi connectivity index (χ3v) is 4.03. The minimum absolute atomic E-state index is 0.257. The molecule has 3 aromatic rings. The van der Waals surface area contributed by atoms with Crippen LogP contribution in [0.4, 0.5) is 15.2 Å². The van der Waals surface area contributed by atoms with Crippen molar-refractivity contribution in [1.82, 2.24) is 4.98 Å². The van der Waals surface area contributed by atoms with Gasteiger partial charge in [-0.15, -0.1) is 11.3 Å². The highest BCUT2D eigenvalue weighted by atomic mass is 32.1. The van der Waals surface area contributed by atoms with Crippen LogP contribution in [0.5, 0.6) is 11.5 Å². The number of anilines is 2. The average Bonchev–Trinajstić information content (AvgIpc) is 3.17. The van der Waals surface area contributed by atoms with Crippen LogP contribution in [0.3, 0.4) is 0 Å². The summed E-state index contributed by atoms with van der Waals surface area (Å²) in [6, 6.07) is 11.9. The van der Waals surface area contributed by atoms with E-state index in [0.717, 1.165) is 33.6 Å². The van der Waals surface area contributed by atoms with Crippen molar-refractivity contribution in [2.45, 2.75) is 0 Å². The van der Waals surface area contributed by atoms with Crippen molar-refractivity contribution < 1.29 is 13.9 Å². The van der Waals surface area contributed by atoms with Gasteiger partial charge in [-0.2, -0.15) is 0 Å². The summed E-state index contributed by atoms with van der Waals surface area (Å²) >= 11 is 1.49. The van der Waals surface area contributed by atoms with E-state index in [0.29, 0.717) is 0 Å². The number of nitrogens with zero attached hydrogens (tertiary/aromatic N) is 1. The highest BCUT2D eigenvalue weighted by Crippen LogP contribution is 2.36. The minimum atomic E-state index is -0.259. The van der Waals surface area contributed by atoms with Crippen LogP contribution in [0.15, 0.2) is 47.8 Å². The molecule has 0 radical (unpaired) electrons. The first-order valence-corrected chi connectivity index (χ1v) is 7.54. The molecule has 0 saturated carbocycles. The molecule has 0 aliphatic carbocycles. The van der Waals surface area contributed by atoms with Crippen LogP contribution >= 0.6 is 11.3 Å². The van der Waals surface area contributed by atoms with Gasteiger partial charge < -0.3 is 14.8 Å². The normalized spacial score (nSPS) is 12.4. The highest BCUT2D eigenvalue weighted by Gasteiger charge is 2.15. The fourth-order valence-electron chi connectivity index (χ4n) is 2.18. The standard InChI is InChI=1S/C16H11FN2O2S/c17-11-2-4-12(5-3-11)18-16-19-13(8-22-16)10-1-6-14-15(7-10)21-9-20-14/h1-8H,9H2,(H,18,19). The van der Waals surface area contributed by atoms with Gasteiger partial charge in [-0.3, -0.25) is 0 Å². The molecule has 22 heavy (non-hydrogen) atoms. The Morgan fingerprint density at radius 2 is 1.86 bits per heavy atom. The lowest BCUT2D eigenvalue weighted by molar-refractivity contribution is 0.174. The number of thiazole rings is 1. The highest BCUT2D eigenvalue weighted by molar-refractivity contribution is 7.14. The molecule has 2 heterocycles. The van der Waals surface area contributed by atoms with E-state index in [1.165, 1.54) is 23.5 Å². The Hall–Kier alpha value is -2.60. The zero-order chi connectivity index (χ0) is 14.9. The number of fused-ring (bicyclic) bond motifs is 1. The number of nitrogens with one attached hydrogen (secondary N) is 1. The van der Waals surface area contributed by atoms with Gasteiger partial charge in [-0.25, -0.2) is 9.37 Å². The van der Waals surface area contributed by atoms with Crippen molar-refractivity contribution in [1.29, 1.82) is 0 Å². The zero-order valence-corrected chi connectivity index (χ0v) is 12.2. The molecule has 0 saturated heterocycles. The van der Waals surface area contributed by atoms with E-state index in [9.17, 15) is 4.39 Å². The molecule has 4 nitrogen and oxygen atoms in total. The molecular formula is C16H11FN2O2S. The van der Waals surface area contributed by atoms with Gasteiger partial charge >= 0.3 is 0 Å². The average molecular weight is 314 g/mol. The third-order valence-electron chi connectivity index (χ3n) is 3.27. The summed E-state index contributed by atoms with van der Waals surface area (Å²) in [5.41, 5.74) is 2.62. The molecule has 1 aliphatic rings. The summed E-state index contributed by atoms with van der Waals surface area (Å²) in [5, 5.41) is 5.87. The summed E-state index contributed by atoms with van der Waals surface area (Å²) in [7, 11) is 0. The van der Waals surface area contributed by atoms with Gasteiger partial charge in [-0.1, -0.05) is 0 Å². The van der Waals surface area contributed by atoms with E-state index < -0.39 is 0 Å². The molecule has 0 amide bonds. The first kappa shape index (κ1) is 13.1. The monoisotopic (exact) mass is 314 g/mol. The Balaban J connectivity index is 1.57. The lowest BCUT2D eigenvalue weighted by Gasteiger charge is -2.02. The molecule has 2 aromatic carbocycles. The molecule has 0 spiro atoms. The fraction of sp³-hybridized carbons (Fsp3) is 0.0625. The van der Waals surface area contributed by atoms with Gasteiger partial charge in [0.15, 0.2) is 16.6 Å². The predicted octanol–water partition coefficient (Wildman–Crippen LogP) is 4.42. The van der Waals surface area contributed by atoms with Crippen LogP contribution in [0.25, 0.3) is 11.3 Å². The largest absolute Gasteiger partial charge is 0.454 e. The van der Waals surface area contributed by atoms with E-state index in [4.69, 9.17) is 9.47 Å². The van der Waals surface area contributed by atoms with E-state index in [1.54, 1.807) is 12.1 Å². The lowest BCUT2D eigenvalue weighted by atomic mass is 10.1. The SMILES string of the molecule is Fc1ccc(Nc2nc(-c3ccc4c(c3)OCO4)cs2)cc1. The van der Waals surface area contributed by atoms with Crippen LogP contribution in [-0.2, 0) is 0 Å². The van der Waals surface area contributed by atoms with Crippen molar-refractivity contribution in [2.24, 2.45) is 0 Å². The van der Waals surface area contributed by atoms with Crippen molar-refractivity contribution in [3.05, 3.63) is 53.7 Å². The molecule has 6 heteroatoms. The third kappa shape index (κ3) is 2.48. The molecule has 1 N–H and O–H groups in total. The van der Waals surface area contributed by atoms with Crippen molar-refractivity contribution >= 4 is 22.2 Å². The number of halogens is 1. The van der Waals surface area contributed by atoms with Crippen molar-refractivity contribution in [3.8, 4) is 22.8 Å². The van der Waals surface area contributed by atoms with E-state index in [2.05, 4.69) is 10.3 Å². The summed E-state index contributed by atoms with van der Waals surface area (Å²) in [4.78, 5) is 4.54. The molecule has 4 rings (SSSR count). The predicted molar refractivity (Wildman–Crippen MR) is 83.4 cm³/mol. The second kappa shape index (κ2) is 5.31. The Bertz CT molecular complexity index is 817. The number of aromatic nitrogens is 1. The number of ether oxygens (including phenoxy) is 2. The van der Waals surface area contributed by atoms with E-state index in [-0.39, 0.29) is 12.6 Å². The topological polar surface area (TPSA) is 43.4 Å². The molecule has 0 fully saturated rings. The maximum Gasteiger partial charge on any atom is 0.231 e. The summed E-state index contributed by atoms with van der Waals surface area (Å²) in [6.07, 6.45) is 0. The van der Waals surface area contributed by atoms with E-state index >= 15 is 0 Å². The van der Waals surface area contributed by atoms with Crippen LogP contribution in [-0.4, -0.2) is 11.8 Å². The Morgan fingerprint density at radius 3 is 2.73 bits per heavy atom. The Labute approximate surface area is 130 Å². The molecule has 110 valence electrons. The summed E-state index contributed by atoms with van der Waals surface area (Å²) in [5.74, 6) is 1.23. The van der Waals surface area contributed by atoms with Crippen molar-refractivity contribution in [3.63, 3.8) is 0 Å². The van der Waals surface area contributed by atoms with Gasteiger partial charge in [0.05, 0.1) is 5.69 Å². The first-order chi connectivity index (χ1) is 10.8. The maximum absolute atomic E-state index is 12.9. The van der Waals surface area contributed by atoms with Gasteiger partial charge in [-0.05, 0) is 42.5 Å². The number of benzene rings is 2. The minimum Gasteiger partial charge on any atom is -0.454 e. The second-order valence-corrected chi connectivity index (χ2v) is 5.60. The van der Waals surface area contributed by atoms with Crippen LogP contribution in [0, 0.1) is 5.82 Å². The van der Waals surface area contributed by atoms with Crippen LogP contribution in [0.1, 0.15) is 0 Å². The molecule has 0 atom stereocenters. The van der Waals surface area contributed by atoms with Crippen LogP contribution in [0.2, 0.25) is 0 Å². The summed E-state index contributed by atoms with van der Waals surface area (Å²) < 4.78 is 23.6. The van der Waals surface area contributed by atoms with Gasteiger partial charge in [0.1, 0.15) is 5.82 Å². The molecule has 1 aromatic heterocycles. The molecule has 1 aliphatic heterocycles. The smallest absolute Gasteiger partial charge is 0.231 e. The Morgan fingerprint density at radius 1 is 1.05 bits per heavy atom. The second-order valence-electron chi connectivity index (χ2n) is 4.74. The molecule has 0 bridgehead atoms. The van der Waals surface area contributed by atoms with Crippen molar-refractivity contribution in [2.75, 3.05) is 12.1 Å². The molecular weight excluding hydrogens is 303 g/mol. The van der Waals surface area contributed by atoms with Gasteiger partial charge in [0.25, 0.3) is 0 Å². The van der Waals surface area contributed by atoms with Crippen LogP contribution < -0.4 is 14.8 Å². The zero-order valence-electron chi connectivity index (χ0n) is 11.4. The Kier molecular flexibility index (Phi) is 3.16. The van der Waals surface area contributed by atoms with Gasteiger partial charge in [0.2, 0.25) is 6.79 Å². The first-order valence-electron chi connectivity index (χ1n) is 6.66. The molecule has 0 unspecified atom stereocenters.